The molecule has 108 valence electrons. The van der Waals surface area contributed by atoms with Gasteiger partial charge in [0.05, 0.1) is 4.91 Å². The largest absolute Gasteiger partial charge is 0.480 e. The van der Waals surface area contributed by atoms with E-state index in [1.807, 2.05) is 30.3 Å². The van der Waals surface area contributed by atoms with Crippen LogP contribution in [0.25, 0.3) is 6.08 Å². The third-order valence-electron chi connectivity index (χ3n) is 2.54. The molecule has 0 saturated carbocycles. The van der Waals surface area contributed by atoms with Crippen molar-refractivity contribution in [3.8, 4) is 0 Å². The van der Waals surface area contributed by atoms with Crippen LogP contribution in [-0.4, -0.2) is 32.7 Å². The highest BCUT2D eigenvalue weighted by Gasteiger charge is 2.33. The summed E-state index contributed by atoms with van der Waals surface area (Å²) < 4.78 is 0.220. The number of aliphatic carboxylic acids is 1. The molecule has 0 aliphatic carbocycles. The molecule has 0 bridgehead atoms. The Labute approximate surface area is 136 Å². The van der Waals surface area contributed by atoms with E-state index < -0.39 is 18.4 Å². The Kier molecular flexibility index (Phi) is 5.17. The number of allylic oxidation sites excluding steroid dienone is 2. The Balaban J connectivity index is 2.18. The van der Waals surface area contributed by atoms with Crippen LogP contribution < -0.4 is 0 Å². The number of hydrogen-bond donors (Lipinski definition) is 1. The van der Waals surface area contributed by atoms with Crippen molar-refractivity contribution < 1.29 is 14.7 Å². The molecule has 0 unspecified atom stereocenters. The van der Waals surface area contributed by atoms with Crippen LogP contribution in [0.1, 0.15) is 5.56 Å². The summed E-state index contributed by atoms with van der Waals surface area (Å²) in [6.45, 7) is -0.442. The lowest BCUT2D eigenvalue weighted by Gasteiger charge is -2.10. The molecule has 1 N–H and O–H groups in total. The van der Waals surface area contributed by atoms with Gasteiger partial charge >= 0.3 is 5.97 Å². The fraction of sp³-hybridized carbons (Fsp3) is 0.0714. The normalized spacial score (nSPS) is 17.7. The molecule has 0 atom stereocenters. The number of thiocarbonyl (C=S) groups is 1. The van der Waals surface area contributed by atoms with E-state index in [-0.39, 0.29) is 4.32 Å². The monoisotopic (exact) mass is 339 g/mol. The molecule has 1 aromatic rings. The maximum absolute atomic E-state index is 12.0. The van der Waals surface area contributed by atoms with E-state index in [4.69, 9.17) is 28.9 Å². The zero-order valence-electron chi connectivity index (χ0n) is 10.7. The number of carboxylic acids is 1. The van der Waals surface area contributed by atoms with E-state index in [1.54, 1.807) is 6.08 Å². The van der Waals surface area contributed by atoms with Gasteiger partial charge in [-0.2, -0.15) is 0 Å². The van der Waals surface area contributed by atoms with Gasteiger partial charge in [-0.3, -0.25) is 14.5 Å². The van der Waals surface area contributed by atoms with E-state index in [0.717, 1.165) is 22.2 Å². The van der Waals surface area contributed by atoms with Gasteiger partial charge in [0, 0.05) is 5.03 Å². The van der Waals surface area contributed by atoms with Crippen molar-refractivity contribution in [3.05, 3.63) is 51.9 Å². The minimum absolute atomic E-state index is 0.220. The second-order valence-corrected chi connectivity index (χ2v) is 6.21. The second-order valence-electron chi connectivity index (χ2n) is 4.10. The van der Waals surface area contributed by atoms with Crippen LogP contribution in [0.15, 0.2) is 46.3 Å². The molecule has 2 rings (SSSR count). The van der Waals surface area contributed by atoms with Gasteiger partial charge in [-0.25, -0.2) is 0 Å². The SMILES string of the molecule is O=C(O)CN1C(=O)/C(=C\C(Cl)=C\c2ccccc2)SC1=S. The molecular weight excluding hydrogens is 330 g/mol. The fourth-order valence-electron chi connectivity index (χ4n) is 1.65. The summed E-state index contributed by atoms with van der Waals surface area (Å²) in [5.41, 5.74) is 0.903. The third-order valence-corrected chi connectivity index (χ3v) is 4.14. The summed E-state index contributed by atoms with van der Waals surface area (Å²) >= 11 is 12.1. The van der Waals surface area contributed by atoms with Crippen LogP contribution in [0, 0.1) is 0 Å². The van der Waals surface area contributed by atoms with Gasteiger partial charge in [0.25, 0.3) is 5.91 Å². The Morgan fingerprint density at radius 1 is 1.38 bits per heavy atom. The van der Waals surface area contributed by atoms with Gasteiger partial charge in [0.1, 0.15) is 10.9 Å². The number of amides is 1. The number of hydrogen-bond acceptors (Lipinski definition) is 4. The van der Waals surface area contributed by atoms with E-state index in [0.29, 0.717) is 9.94 Å². The van der Waals surface area contributed by atoms with Gasteiger partial charge in [0.2, 0.25) is 0 Å². The van der Waals surface area contributed by atoms with Crippen LogP contribution in [0.2, 0.25) is 0 Å². The molecule has 1 aliphatic rings. The highest BCUT2D eigenvalue weighted by molar-refractivity contribution is 8.26. The summed E-state index contributed by atoms with van der Waals surface area (Å²) in [6, 6.07) is 9.41. The lowest BCUT2D eigenvalue weighted by molar-refractivity contribution is -0.140. The Hall–Kier alpha value is -1.63. The molecule has 1 aromatic carbocycles. The topological polar surface area (TPSA) is 57.6 Å². The third kappa shape index (κ3) is 4.17. The molecule has 1 amide bonds. The number of carbonyl (C=O) groups excluding carboxylic acids is 1. The van der Waals surface area contributed by atoms with Gasteiger partial charge in [0.15, 0.2) is 0 Å². The first kappa shape index (κ1) is 15.8. The molecule has 1 fully saturated rings. The summed E-state index contributed by atoms with van der Waals surface area (Å²) in [5, 5.41) is 9.12. The number of benzene rings is 1. The zero-order valence-corrected chi connectivity index (χ0v) is 13.0. The number of halogens is 1. The Morgan fingerprint density at radius 2 is 2.05 bits per heavy atom. The molecule has 1 aliphatic heterocycles. The average molecular weight is 340 g/mol. The number of carbonyl (C=O) groups is 2. The highest BCUT2D eigenvalue weighted by atomic mass is 35.5. The van der Waals surface area contributed by atoms with Gasteiger partial charge in [-0.1, -0.05) is 65.9 Å². The number of thioether (sulfide) groups is 1. The molecule has 0 aromatic heterocycles. The number of carboxylic acid groups (broad SMARTS) is 1. The first-order chi connectivity index (χ1) is 9.97. The van der Waals surface area contributed by atoms with Crippen molar-refractivity contribution in [2.45, 2.75) is 0 Å². The molecule has 1 saturated heterocycles. The van der Waals surface area contributed by atoms with Crippen molar-refractivity contribution >= 4 is 57.9 Å². The summed E-state index contributed by atoms with van der Waals surface area (Å²) in [4.78, 5) is 24.1. The predicted molar refractivity (Wildman–Crippen MR) is 87.9 cm³/mol. The van der Waals surface area contributed by atoms with Crippen molar-refractivity contribution in [1.29, 1.82) is 0 Å². The molecule has 4 nitrogen and oxygen atoms in total. The molecular formula is C14H10ClNO3S2. The van der Waals surface area contributed by atoms with Crippen LogP contribution in [0.3, 0.4) is 0 Å². The first-order valence-electron chi connectivity index (χ1n) is 5.87. The minimum Gasteiger partial charge on any atom is -0.480 e. The number of nitrogens with zero attached hydrogens (tertiary/aromatic N) is 1. The zero-order chi connectivity index (χ0) is 15.4. The summed E-state index contributed by atoms with van der Waals surface area (Å²) in [7, 11) is 0. The quantitative estimate of drug-likeness (QED) is 0.674. The smallest absolute Gasteiger partial charge is 0.323 e. The van der Waals surface area contributed by atoms with Gasteiger partial charge < -0.3 is 5.11 Å². The van der Waals surface area contributed by atoms with E-state index in [1.165, 1.54) is 6.08 Å². The standard InChI is InChI=1S/C14H10ClNO3S2/c15-10(6-9-4-2-1-3-5-9)7-11-13(19)16(8-12(17)18)14(20)21-11/h1-7H,8H2,(H,17,18)/b10-6-,11-7+. The summed E-state index contributed by atoms with van der Waals surface area (Å²) in [6.07, 6.45) is 3.21. The maximum Gasteiger partial charge on any atom is 0.323 e. The van der Waals surface area contributed by atoms with Crippen molar-refractivity contribution in [3.63, 3.8) is 0 Å². The summed E-state index contributed by atoms with van der Waals surface area (Å²) in [5.74, 6) is -1.55. The van der Waals surface area contributed by atoms with Crippen molar-refractivity contribution in [2.24, 2.45) is 0 Å². The predicted octanol–water partition coefficient (Wildman–Crippen LogP) is 3.10. The fourth-order valence-corrected chi connectivity index (χ4v) is 3.19. The molecule has 1 heterocycles. The maximum atomic E-state index is 12.0. The van der Waals surface area contributed by atoms with E-state index in [2.05, 4.69) is 0 Å². The Morgan fingerprint density at radius 3 is 2.67 bits per heavy atom. The average Bonchev–Trinajstić information content (AvgIpc) is 2.67. The van der Waals surface area contributed by atoms with Crippen LogP contribution in [0.4, 0.5) is 0 Å². The van der Waals surface area contributed by atoms with Gasteiger partial charge in [-0.05, 0) is 17.7 Å². The molecule has 0 radical (unpaired) electrons. The second kappa shape index (κ2) is 6.89. The van der Waals surface area contributed by atoms with Crippen LogP contribution in [0.5, 0.6) is 0 Å². The van der Waals surface area contributed by atoms with Crippen LogP contribution >= 0.6 is 35.6 Å². The van der Waals surface area contributed by atoms with Crippen molar-refractivity contribution in [1.82, 2.24) is 4.90 Å². The van der Waals surface area contributed by atoms with E-state index >= 15 is 0 Å². The van der Waals surface area contributed by atoms with E-state index in [9.17, 15) is 9.59 Å². The minimum atomic E-state index is -1.11. The highest BCUT2D eigenvalue weighted by Crippen LogP contribution is 2.32. The van der Waals surface area contributed by atoms with Crippen molar-refractivity contribution in [2.75, 3.05) is 6.54 Å². The lowest BCUT2D eigenvalue weighted by Crippen LogP contribution is -2.33. The molecule has 21 heavy (non-hydrogen) atoms. The molecule has 7 heteroatoms. The van der Waals surface area contributed by atoms with Gasteiger partial charge in [-0.15, -0.1) is 0 Å². The lowest BCUT2D eigenvalue weighted by atomic mass is 10.2. The first-order valence-corrected chi connectivity index (χ1v) is 7.47. The Bertz CT molecular complexity index is 655. The van der Waals surface area contributed by atoms with Crippen LogP contribution in [-0.2, 0) is 9.59 Å². The molecule has 0 spiro atoms. The number of rotatable bonds is 4.